The van der Waals surface area contributed by atoms with Crippen LogP contribution in [0.3, 0.4) is 0 Å². The molecule has 4 aromatic rings. The fourth-order valence-corrected chi connectivity index (χ4v) is 5.75. The van der Waals surface area contributed by atoms with Gasteiger partial charge < -0.3 is 15.1 Å². The number of benzene rings is 4. The summed E-state index contributed by atoms with van der Waals surface area (Å²) in [6, 6.07) is 18.9. The van der Waals surface area contributed by atoms with Gasteiger partial charge in [-0.25, -0.2) is 8.42 Å². The Morgan fingerprint density at radius 3 is 2.34 bits per heavy atom. The number of nitrogens with one attached hydrogen (secondary N) is 1. The molecule has 176 valence electrons. The average Bonchev–Trinajstić information content (AvgIpc) is 3.20. The summed E-state index contributed by atoms with van der Waals surface area (Å²) in [5, 5.41) is 31.8. The monoisotopic (exact) mass is 487 g/mol. The number of likely N-dealkylation sites (tertiary alicyclic amines) is 1. The zero-order valence-electron chi connectivity index (χ0n) is 18.5. The number of fused-ring (bicyclic) bond motifs is 2. The van der Waals surface area contributed by atoms with Gasteiger partial charge in [0.25, 0.3) is 0 Å². The van der Waals surface area contributed by atoms with Crippen molar-refractivity contribution in [2.45, 2.75) is 23.9 Å². The van der Waals surface area contributed by atoms with Crippen LogP contribution in [-0.4, -0.2) is 42.0 Å². The lowest BCUT2D eigenvalue weighted by Gasteiger charge is -2.18. The van der Waals surface area contributed by atoms with E-state index in [0.717, 1.165) is 5.56 Å². The standard InChI is InChI=1S/C26H21N3O5S/c27-14-16-4-3-5-17(12-16)15-29-11-10-23(26(29)32)28-35(33,34)18-8-9-21-22(13-18)25(31)20-7-2-1-6-19(20)24(21)30/h1-9,12-13,23,28,30-31H,10-11,15H2/t23-/m0/s1. The minimum absolute atomic E-state index is 0.0487. The Kier molecular flexibility index (Phi) is 5.55. The smallest absolute Gasteiger partial charge is 0.241 e. The van der Waals surface area contributed by atoms with Crippen LogP contribution in [0, 0.1) is 11.3 Å². The lowest BCUT2D eigenvalue weighted by molar-refractivity contribution is -0.129. The normalized spacial score (nSPS) is 16.1. The van der Waals surface area contributed by atoms with Gasteiger partial charge in [0, 0.05) is 34.6 Å². The van der Waals surface area contributed by atoms with Gasteiger partial charge in [0.15, 0.2) is 0 Å². The van der Waals surface area contributed by atoms with Crippen molar-refractivity contribution in [1.29, 1.82) is 5.26 Å². The number of phenolic OH excluding ortho intramolecular Hbond substituents is 2. The highest BCUT2D eigenvalue weighted by atomic mass is 32.2. The Bertz CT molecular complexity index is 1640. The number of nitrogens with zero attached hydrogens (tertiary/aromatic N) is 2. The summed E-state index contributed by atoms with van der Waals surface area (Å²) in [7, 11) is -4.09. The maximum Gasteiger partial charge on any atom is 0.241 e. The van der Waals surface area contributed by atoms with E-state index in [1.54, 1.807) is 47.4 Å². The molecule has 4 aromatic carbocycles. The predicted octanol–water partition coefficient (Wildman–Crippen LogP) is 3.36. The number of carbonyl (C=O) groups excluding carboxylic acids is 1. The second-order valence-corrected chi connectivity index (χ2v) is 10.2. The molecule has 35 heavy (non-hydrogen) atoms. The van der Waals surface area contributed by atoms with Crippen LogP contribution in [-0.2, 0) is 21.4 Å². The van der Waals surface area contributed by atoms with Gasteiger partial charge in [-0.3, -0.25) is 4.79 Å². The quantitative estimate of drug-likeness (QED) is 0.292. The zero-order valence-corrected chi connectivity index (χ0v) is 19.3. The summed E-state index contributed by atoms with van der Waals surface area (Å²) in [5.41, 5.74) is 1.28. The minimum Gasteiger partial charge on any atom is -0.507 e. The number of phenols is 2. The molecule has 9 heteroatoms. The number of sulfonamides is 1. The number of nitriles is 1. The number of aromatic hydroxyl groups is 2. The van der Waals surface area contributed by atoms with Gasteiger partial charge in [-0.15, -0.1) is 0 Å². The average molecular weight is 488 g/mol. The molecule has 1 heterocycles. The topological polar surface area (TPSA) is 131 Å². The first-order chi connectivity index (χ1) is 16.8. The van der Waals surface area contributed by atoms with Gasteiger partial charge in [0.2, 0.25) is 15.9 Å². The van der Waals surface area contributed by atoms with E-state index in [4.69, 9.17) is 5.26 Å². The largest absolute Gasteiger partial charge is 0.507 e. The van der Waals surface area contributed by atoms with E-state index in [9.17, 15) is 23.4 Å². The van der Waals surface area contributed by atoms with E-state index in [1.165, 1.54) is 18.2 Å². The van der Waals surface area contributed by atoms with Gasteiger partial charge in [0.05, 0.1) is 16.5 Å². The fourth-order valence-electron chi connectivity index (χ4n) is 4.50. The molecule has 0 unspecified atom stereocenters. The molecule has 0 saturated carbocycles. The number of rotatable bonds is 5. The molecule has 1 aliphatic heterocycles. The number of hydrogen-bond donors (Lipinski definition) is 3. The maximum atomic E-state index is 13.1. The molecule has 1 aliphatic rings. The molecule has 1 fully saturated rings. The van der Waals surface area contributed by atoms with Gasteiger partial charge in [0.1, 0.15) is 17.5 Å². The summed E-state index contributed by atoms with van der Waals surface area (Å²) >= 11 is 0. The third-order valence-corrected chi connectivity index (χ3v) is 7.74. The maximum absolute atomic E-state index is 13.1. The third kappa shape index (κ3) is 4.03. The number of hydrogen-bond acceptors (Lipinski definition) is 6. The van der Waals surface area contributed by atoms with Gasteiger partial charge >= 0.3 is 0 Å². The summed E-state index contributed by atoms with van der Waals surface area (Å²) < 4.78 is 28.7. The highest BCUT2D eigenvalue weighted by molar-refractivity contribution is 7.89. The summed E-state index contributed by atoms with van der Waals surface area (Å²) in [5.74, 6) is -0.524. The lowest BCUT2D eigenvalue weighted by Crippen LogP contribution is -2.41. The zero-order chi connectivity index (χ0) is 24.7. The Balaban J connectivity index is 1.40. The van der Waals surface area contributed by atoms with Crippen LogP contribution in [0.15, 0.2) is 71.6 Å². The van der Waals surface area contributed by atoms with E-state index in [0.29, 0.717) is 34.7 Å². The molecule has 5 rings (SSSR count). The van der Waals surface area contributed by atoms with Crippen LogP contribution < -0.4 is 4.72 Å². The first kappa shape index (κ1) is 22.7. The van der Waals surface area contributed by atoms with Crippen LogP contribution in [0.1, 0.15) is 17.5 Å². The van der Waals surface area contributed by atoms with Gasteiger partial charge in [-0.2, -0.15) is 9.98 Å². The van der Waals surface area contributed by atoms with E-state index in [2.05, 4.69) is 10.8 Å². The minimum atomic E-state index is -4.09. The van der Waals surface area contributed by atoms with Crippen molar-refractivity contribution in [2.24, 2.45) is 0 Å². The first-order valence-electron chi connectivity index (χ1n) is 10.9. The third-order valence-electron chi connectivity index (χ3n) is 6.27. The molecular weight excluding hydrogens is 466 g/mol. The van der Waals surface area contributed by atoms with Crippen LogP contribution >= 0.6 is 0 Å². The predicted molar refractivity (Wildman–Crippen MR) is 130 cm³/mol. The molecule has 8 nitrogen and oxygen atoms in total. The number of amides is 1. The van der Waals surface area contributed by atoms with Crippen molar-refractivity contribution in [1.82, 2.24) is 9.62 Å². The van der Waals surface area contributed by atoms with Crippen molar-refractivity contribution in [3.63, 3.8) is 0 Å². The van der Waals surface area contributed by atoms with Crippen LogP contribution in [0.25, 0.3) is 21.5 Å². The van der Waals surface area contributed by atoms with Crippen molar-refractivity contribution in [3.8, 4) is 17.6 Å². The second-order valence-electron chi connectivity index (χ2n) is 8.48. The molecule has 0 aromatic heterocycles. The Morgan fingerprint density at radius 1 is 0.943 bits per heavy atom. The van der Waals surface area contributed by atoms with E-state index >= 15 is 0 Å². The van der Waals surface area contributed by atoms with E-state index in [1.807, 2.05) is 6.07 Å². The molecular formula is C26H21N3O5S. The summed E-state index contributed by atoms with van der Waals surface area (Å²) in [4.78, 5) is 14.3. The highest BCUT2D eigenvalue weighted by Gasteiger charge is 2.35. The molecule has 1 amide bonds. The Morgan fingerprint density at radius 2 is 1.63 bits per heavy atom. The Labute approximate surface area is 201 Å². The lowest BCUT2D eigenvalue weighted by atomic mass is 10.0. The Hall–Kier alpha value is -4.13. The molecule has 1 atom stereocenters. The summed E-state index contributed by atoms with van der Waals surface area (Å²) in [6.07, 6.45) is 0.306. The van der Waals surface area contributed by atoms with Crippen molar-refractivity contribution in [2.75, 3.05) is 6.54 Å². The molecule has 0 bridgehead atoms. The molecule has 1 saturated heterocycles. The van der Waals surface area contributed by atoms with Crippen LogP contribution in [0.5, 0.6) is 11.5 Å². The molecule has 3 N–H and O–H groups in total. The van der Waals surface area contributed by atoms with Crippen molar-refractivity contribution < 1.29 is 23.4 Å². The second kappa shape index (κ2) is 8.58. The van der Waals surface area contributed by atoms with E-state index in [-0.39, 0.29) is 34.2 Å². The van der Waals surface area contributed by atoms with Crippen LogP contribution in [0.2, 0.25) is 0 Å². The highest BCUT2D eigenvalue weighted by Crippen LogP contribution is 2.41. The SMILES string of the molecule is N#Cc1cccc(CN2CC[C@H](NS(=O)(=O)c3ccc4c(O)c5ccccc5c(O)c4c3)C2=O)c1. The molecule has 0 aliphatic carbocycles. The molecule has 0 spiro atoms. The summed E-state index contributed by atoms with van der Waals surface area (Å²) in [6.45, 7) is 0.657. The number of carbonyl (C=O) groups is 1. The van der Waals surface area contributed by atoms with E-state index < -0.39 is 16.1 Å². The van der Waals surface area contributed by atoms with Crippen LogP contribution in [0.4, 0.5) is 0 Å². The molecule has 0 radical (unpaired) electrons. The van der Waals surface area contributed by atoms with Gasteiger partial charge in [-0.05, 0) is 42.3 Å². The fraction of sp³-hybridized carbons (Fsp3) is 0.154. The van der Waals surface area contributed by atoms with Gasteiger partial charge in [-0.1, -0.05) is 36.4 Å². The van der Waals surface area contributed by atoms with Crippen molar-refractivity contribution in [3.05, 3.63) is 77.9 Å². The van der Waals surface area contributed by atoms with Crippen molar-refractivity contribution >= 4 is 37.5 Å². The first-order valence-corrected chi connectivity index (χ1v) is 12.4.